The molecule has 0 amide bonds. The number of rotatable bonds is 11. The Morgan fingerprint density at radius 2 is 1.26 bits per heavy atom. The molecule has 0 bridgehead atoms. The van der Waals surface area contributed by atoms with Crippen molar-refractivity contribution < 1.29 is 13.3 Å². The average Bonchev–Trinajstić information content (AvgIpc) is 3.11. The lowest BCUT2D eigenvalue weighted by molar-refractivity contribution is 0.0670. The Bertz CT molecular complexity index is 462. The Morgan fingerprint density at radius 3 is 1.89 bits per heavy atom. The SMILES string of the molecule is CCCO[Si](OCCC)(OCCC)C1=C(C2=CCCCCC2)CCCCC1. The Kier molecular flexibility index (Phi) is 10.9. The van der Waals surface area contributed by atoms with Gasteiger partial charge in [0.15, 0.2) is 0 Å². The topological polar surface area (TPSA) is 27.7 Å². The van der Waals surface area contributed by atoms with Crippen molar-refractivity contribution >= 4 is 8.80 Å². The van der Waals surface area contributed by atoms with Crippen LogP contribution in [-0.4, -0.2) is 28.6 Å². The van der Waals surface area contributed by atoms with Gasteiger partial charge in [0.2, 0.25) is 0 Å². The normalized spacial score (nSPS) is 19.6. The zero-order valence-electron chi connectivity index (χ0n) is 18.1. The van der Waals surface area contributed by atoms with E-state index in [1.54, 1.807) is 11.1 Å². The third-order valence-electron chi connectivity index (χ3n) is 5.50. The van der Waals surface area contributed by atoms with Gasteiger partial charge in [0.25, 0.3) is 0 Å². The minimum Gasteiger partial charge on any atom is -0.370 e. The van der Waals surface area contributed by atoms with E-state index in [0.29, 0.717) is 0 Å². The molecule has 0 aromatic heterocycles. The predicted octanol–water partition coefficient (Wildman–Crippen LogP) is 6.90. The van der Waals surface area contributed by atoms with Gasteiger partial charge in [-0.3, -0.25) is 0 Å². The molecule has 2 aliphatic rings. The first-order valence-corrected chi connectivity index (χ1v) is 13.3. The average molecular weight is 395 g/mol. The van der Waals surface area contributed by atoms with Crippen molar-refractivity contribution in [3.63, 3.8) is 0 Å². The van der Waals surface area contributed by atoms with Crippen LogP contribution in [0.1, 0.15) is 104 Å². The summed E-state index contributed by atoms with van der Waals surface area (Å²) in [5.41, 5.74) is 3.14. The van der Waals surface area contributed by atoms with Gasteiger partial charge in [0.1, 0.15) is 0 Å². The van der Waals surface area contributed by atoms with E-state index in [2.05, 4.69) is 26.8 Å². The van der Waals surface area contributed by atoms with Gasteiger partial charge in [-0.15, -0.1) is 0 Å². The fraction of sp³-hybridized carbons (Fsp3) is 0.826. The Morgan fingerprint density at radius 1 is 0.704 bits per heavy atom. The molecule has 0 aromatic rings. The van der Waals surface area contributed by atoms with Crippen molar-refractivity contribution in [1.82, 2.24) is 0 Å². The summed E-state index contributed by atoms with van der Waals surface area (Å²) in [6.45, 7) is 8.72. The molecular weight excluding hydrogens is 352 g/mol. The Labute approximate surface area is 168 Å². The molecule has 4 heteroatoms. The highest BCUT2D eigenvalue weighted by Crippen LogP contribution is 2.38. The molecule has 0 saturated carbocycles. The zero-order chi connectivity index (χ0) is 19.4. The van der Waals surface area contributed by atoms with Crippen molar-refractivity contribution in [1.29, 1.82) is 0 Å². The van der Waals surface area contributed by atoms with Crippen LogP contribution in [0.25, 0.3) is 0 Å². The lowest BCUT2D eigenvalue weighted by atomic mass is 9.97. The van der Waals surface area contributed by atoms with E-state index < -0.39 is 8.80 Å². The van der Waals surface area contributed by atoms with Crippen LogP contribution in [0.3, 0.4) is 0 Å². The van der Waals surface area contributed by atoms with Crippen LogP contribution in [0.2, 0.25) is 0 Å². The first-order valence-electron chi connectivity index (χ1n) is 11.6. The molecule has 2 rings (SSSR count). The highest BCUT2D eigenvalue weighted by atomic mass is 28.4. The Balaban J connectivity index is 2.46. The van der Waals surface area contributed by atoms with Gasteiger partial charge < -0.3 is 13.3 Å². The van der Waals surface area contributed by atoms with Gasteiger partial charge in [-0.25, -0.2) is 0 Å². The van der Waals surface area contributed by atoms with Crippen molar-refractivity contribution in [3.8, 4) is 0 Å². The molecule has 0 unspecified atom stereocenters. The molecule has 0 heterocycles. The van der Waals surface area contributed by atoms with E-state index in [4.69, 9.17) is 13.3 Å². The fourth-order valence-electron chi connectivity index (χ4n) is 4.16. The van der Waals surface area contributed by atoms with Gasteiger partial charge in [-0.1, -0.05) is 39.7 Å². The summed E-state index contributed by atoms with van der Waals surface area (Å²) in [7, 11) is -2.81. The van der Waals surface area contributed by atoms with Gasteiger partial charge >= 0.3 is 8.80 Å². The third kappa shape index (κ3) is 6.84. The van der Waals surface area contributed by atoms with E-state index >= 15 is 0 Å². The van der Waals surface area contributed by atoms with Crippen LogP contribution in [0, 0.1) is 0 Å². The maximum absolute atomic E-state index is 6.54. The van der Waals surface area contributed by atoms with Gasteiger partial charge in [0.05, 0.1) is 0 Å². The summed E-state index contributed by atoms with van der Waals surface area (Å²) in [6, 6.07) is 0. The number of hydrogen-bond acceptors (Lipinski definition) is 3. The van der Waals surface area contributed by atoms with E-state index in [9.17, 15) is 0 Å². The van der Waals surface area contributed by atoms with Crippen molar-refractivity contribution in [2.24, 2.45) is 0 Å². The molecule has 2 aliphatic carbocycles. The van der Waals surface area contributed by atoms with E-state index in [0.717, 1.165) is 45.5 Å². The minimum absolute atomic E-state index is 0.732. The molecule has 0 aromatic carbocycles. The number of allylic oxidation sites excluding steroid dienone is 4. The molecule has 156 valence electrons. The standard InChI is InChI=1S/C23H42O3Si/c1-4-18-24-27(25-19-5-2,26-20-6-3)23-17-13-9-12-16-22(23)21-14-10-7-8-11-15-21/h14H,4-13,15-20H2,1-3H3. The molecule has 0 saturated heterocycles. The van der Waals surface area contributed by atoms with Crippen LogP contribution in [0.5, 0.6) is 0 Å². The molecule has 0 N–H and O–H groups in total. The lowest BCUT2D eigenvalue weighted by Crippen LogP contribution is -2.49. The predicted molar refractivity (Wildman–Crippen MR) is 116 cm³/mol. The van der Waals surface area contributed by atoms with E-state index in [1.165, 1.54) is 63.0 Å². The van der Waals surface area contributed by atoms with E-state index in [1.807, 2.05) is 0 Å². The first-order chi connectivity index (χ1) is 13.3. The van der Waals surface area contributed by atoms with Crippen molar-refractivity contribution in [2.45, 2.75) is 104 Å². The largest absolute Gasteiger partial charge is 0.533 e. The van der Waals surface area contributed by atoms with Gasteiger partial charge in [-0.05, 0) is 81.8 Å². The summed E-state index contributed by atoms with van der Waals surface area (Å²) in [5.74, 6) is 0. The van der Waals surface area contributed by atoms with Crippen LogP contribution in [-0.2, 0) is 13.3 Å². The smallest absolute Gasteiger partial charge is 0.370 e. The minimum atomic E-state index is -2.81. The summed E-state index contributed by atoms with van der Waals surface area (Å²) in [5, 5.41) is 1.43. The summed E-state index contributed by atoms with van der Waals surface area (Å²) in [6.07, 6.45) is 18.1. The van der Waals surface area contributed by atoms with Crippen LogP contribution >= 0.6 is 0 Å². The summed E-state index contributed by atoms with van der Waals surface area (Å²) in [4.78, 5) is 0. The maximum Gasteiger partial charge on any atom is 0.533 e. The molecule has 3 nitrogen and oxygen atoms in total. The second kappa shape index (κ2) is 12.9. The number of hydrogen-bond donors (Lipinski definition) is 0. The van der Waals surface area contributed by atoms with Crippen molar-refractivity contribution in [3.05, 3.63) is 22.4 Å². The summed E-state index contributed by atoms with van der Waals surface area (Å²) < 4.78 is 19.6. The van der Waals surface area contributed by atoms with Crippen LogP contribution < -0.4 is 0 Å². The van der Waals surface area contributed by atoms with Crippen molar-refractivity contribution in [2.75, 3.05) is 19.8 Å². The van der Waals surface area contributed by atoms with Gasteiger partial charge in [-0.2, -0.15) is 0 Å². The first kappa shape index (κ1) is 22.9. The van der Waals surface area contributed by atoms with Crippen LogP contribution in [0.4, 0.5) is 0 Å². The molecule has 27 heavy (non-hydrogen) atoms. The molecule has 0 atom stereocenters. The van der Waals surface area contributed by atoms with Crippen LogP contribution in [0.15, 0.2) is 22.4 Å². The molecule has 0 radical (unpaired) electrons. The Hall–Kier alpha value is -0.423. The monoisotopic (exact) mass is 394 g/mol. The molecule has 0 aliphatic heterocycles. The highest BCUT2D eigenvalue weighted by molar-refractivity contribution is 6.69. The molecule has 0 fully saturated rings. The second-order valence-corrected chi connectivity index (χ2v) is 10.5. The summed E-state index contributed by atoms with van der Waals surface area (Å²) >= 11 is 0. The van der Waals surface area contributed by atoms with E-state index in [-0.39, 0.29) is 0 Å². The molecule has 0 spiro atoms. The zero-order valence-corrected chi connectivity index (χ0v) is 19.1. The second-order valence-electron chi connectivity index (χ2n) is 7.95. The highest BCUT2D eigenvalue weighted by Gasteiger charge is 2.47. The maximum atomic E-state index is 6.54. The fourth-order valence-corrected chi connectivity index (χ4v) is 7.49. The quantitative estimate of drug-likeness (QED) is 0.357. The lowest BCUT2D eigenvalue weighted by Gasteiger charge is -2.33. The third-order valence-corrected chi connectivity index (χ3v) is 8.55. The van der Waals surface area contributed by atoms with Gasteiger partial charge in [0, 0.05) is 25.0 Å². The molecular formula is C23H42O3Si.